The first-order chi connectivity index (χ1) is 9.63. The third-order valence-corrected chi connectivity index (χ3v) is 4.60. The van der Waals surface area contributed by atoms with Gasteiger partial charge in [0.1, 0.15) is 0 Å². The Labute approximate surface area is 128 Å². The van der Waals surface area contributed by atoms with E-state index in [1.54, 1.807) is 0 Å². The van der Waals surface area contributed by atoms with Crippen LogP contribution in [0.5, 0.6) is 0 Å². The summed E-state index contributed by atoms with van der Waals surface area (Å²) >= 11 is 3.62. The number of hydrogen-bond donors (Lipinski definition) is 1. The first-order valence-electron chi connectivity index (χ1n) is 7.22. The normalized spacial score (nSPS) is 15.8. The van der Waals surface area contributed by atoms with Crippen molar-refractivity contribution in [3.63, 3.8) is 0 Å². The highest BCUT2D eigenvalue weighted by Crippen LogP contribution is 2.34. The van der Waals surface area contributed by atoms with Gasteiger partial charge < -0.3 is 9.88 Å². The van der Waals surface area contributed by atoms with E-state index in [4.69, 9.17) is 0 Å². The first-order valence-corrected chi connectivity index (χ1v) is 8.01. The van der Waals surface area contributed by atoms with Gasteiger partial charge in [-0.15, -0.1) is 0 Å². The van der Waals surface area contributed by atoms with Crippen molar-refractivity contribution < 1.29 is 0 Å². The number of nitrogens with zero attached hydrogens (tertiary/aromatic N) is 2. The van der Waals surface area contributed by atoms with Crippen LogP contribution < -0.4 is 5.32 Å². The zero-order valence-corrected chi connectivity index (χ0v) is 13.6. The second-order valence-corrected chi connectivity index (χ2v) is 6.51. The number of rotatable bonds is 3. The molecule has 3 rings (SSSR count). The van der Waals surface area contributed by atoms with Crippen LogP contribution in [0.3, 0.4) is 0 Å². The largest absolute Gasteiger partial charge is 0.325 e. The molecule has 1 heterocycles. The molecule has 1 aromatic heterocycles. The van der Waals surface area contributed by atoms with Crippen molar-refractivity contribution in [3.8, 4) is 0 Å². The maximum atomic E-state index is 4.65. The molecular formula is C16H20BrN3. The van der Waals surface area contributed by atoms with Crippen LogP contribution in [0.1, 0.15) is 43.0 Å². The van der Waals surface area contributed by atoms with Gasteiger partial charge in [-0.2, -0.15) is 0 Å². The van der Waals surface area contributed by atoms with E-state index < -0.39 is 0 Å². The van der Waals surface area contributed by atoms with Crippen LogP contribution in [0.15, 0.2) is 28.9 Å². The predicted molar refractivity (Wildman–Crippen MR) is 86.6 cm³/mol. The zero-order chi connectivity index (χ0) is 14.1. The number of hydrogen-bond acceptors (Lipinski definition) is 2. The summed E-state index contributed by atoms with van der Waals surface area (Å²) in [5, 5.41) is 3.47. The third-order valence-electron chi connectivity index (χ3n) is 3.94. The summed E-state index contributed by atoms with van der Waals surface area (Å²) in [5.74, 6) is 0.957. The number of aryl methyl sites for hydroxylation is 2. The molecule has 0 saturated heterocycles. The summed E-state index contributed by atoms with van der Waals surface area (Å²) in [6.45, 7) is 4.15. The van der Waals surface area contributed by atoms with Gasteiger partial charge in [-0.1, -0.05) is 18.9 Å². The van der Waals surface area contributed by atoms with Crippen molar-refractivity contribution in [2.75, 3.05) is 5.32 Å². The van der Waals surface area contributed by atoms with Crippen molar-refractivity contribution in [1.82, 2.24) is 9.55 Å². The van der Waals surface area contributed by atoms with Crippen molar-refractivity contribution >= 4 is 27.6 Å². The molecule has 0 radical (unpaired) electrons. The summed E-state index contributed by atoms with van der Waals surface area (Å²) in [6, 6.07) is 6.94. The first kappa shape index (κ1) is 13.7. The highest BCUT2D eigenvalue weighted by Gasteiger charge is 2.20. The Morgan fingerprint density at radius 2 is 2.00 bits per heavy atom. The average molecular weight is 334 g/mol. The highest BCUT2D eigenvalue weighted by molar-refractivity contribution is 9.10. The van der Waals surface area contributed by atoms with Gasteiger partial charge in [0.05, 0.1) is 11.4 Å². The molecule has 1 fully saturated rings. The number of anilines is 2. The minimum atomic E-state index is 0.600. The van der Waals surface area contributed by atoms with E-state index in [0.717, 1.165) is 21.8 Å². The van der Waals surface area contributed by atoms with E-state index in [9.17, 15) is 0 Å². The van der Waals surface area contributed by atoms with Crippen LogP contribution in [-0.4, -0.2) is 9.55 Å². The van der Waals surface area contributed by atoms with Gasteiger partial charge in [0.15, 0.2) is 0 Å². The standard InChI is InChI=1S/C16H20BrN3/c1-11-7-8-15(14(17)9-11)19-16-18-12(2)10-20(16)13-5-3-4-6-13/h7-10,13H,3-6H2,1-2H3,(H,18,19). The summed E-state index contributed by atoms with van der Waals surface area (Å²) in [7, 11) is 0. The second-order valence-electron chi connectivity index (χ2n) is 5.66. The molecule has 1 aromatic carbocycles. The number of nitrogens with one attached hydrogen (secondary N) is 1. The maximum Gasteiger partial charge on any atom is 0.207 e. The highest BCUT2D eigenvalue weighted by atomic mass is 79.9. The third kappa shape index (κ3) is 2.75. The van der Waals surface area contributed by atoms with E-state index in [1.807, 2.05) is 0 Å². The topological polar surface area (TPSA) is 29.9 Å². The molecular weight excluding hydrogens is 314 g/mol. The molecule has 0 bridgehead atoms. The molecule has 0 atom stereocenters. The summed E-state index contributed by atoms with van der Waals surface area (Å²) < 4.78 is 3.39. The van der Waals surface area contributed by atoms with Gasteiger partial charge in [0.25, 0.3) is 0 Å². The fourth-order valence-electron chi connectivity index (χ4n) is 2.91. The predicted octanol–water partition coefficient (Wildman–Crippen LogP) is 5.12. The summed E-state index contributed by atoms with van der Waals surface area (Å²) in [6.07, 6.45) is 7.35. The fourth-order valence-corrected chi connectivity index (χ4v) is 3.50. The van der Waals surface area contributed by atoms with E-state index >= 15 is 0 Å². The van der Waals surface area contributed by atoms with Crippen molar-refractivity contribution in [1.29, 1.82) is 0 Å². The minimum absolute atomic E-state index is 0.600. The summed E-state index contributed by atoms with van der Waals surface area (Å²) in [5.41, 5.74) is 3.39. The van der Waals surface area contributed by atoms with Crippen LogP contribution in [0.25, 0.3) is 0 Å². The van der Waals surface area contributed by atoms with Crippen LogP contribution >= 0.6 is 15.9 Å². The molecule has 3 nitrogen and oxygen atoms in total. The molecule has 106 valence electrons. The monoisotopic (exact) mass is 333 g/mol. The maximum absolute atomic E-state index is 4.65. The number of halogens is 1. The Hall–Kier alpha value is -1.29. The Morgan fingerprint density at radius 1 is 1.25 bits per heavy atom. The molecule has 20 heavy (non-hydrogen) atoms. The SMILES string of the molecule is Cc1ccc(Nc2nc(C)cn2C2CCCC2)c(Br)c1. The van der Waals surface area contributed by atoms with E-state index in [0.29, 0.717) is 6.04 Å². The second kappa shape index (κ2) is 5.60. The molecule has 0 spiro atoms. The van der Waals surface area contributed by atoms with Gasteiger partial charge in [-0.3, -0.25) is 0 Å². The Kier molecular flexibility index (Phi) is 3.83. The molecule has 1 aliphatic rings. The molecule has 0 aliphatic heterocycles. The molecule has 1 aliphatic carbocycles. The molecule has 0 amide bonds. The molecule has 4 heteroatoms. The van der Waals surface area contributed by atoms with Crippen LogP contribution in [0, 0.1) is 13.8 Å². The van der Waals surface area contributed by atoms with Gasteiger partial charge >= 0.3 is 0 Å². The lowest BCUT2D eigenvalue weighted by molar-refractivity contribution is 0.524. The molecule has 0 unspecified atom stereocenters. The number of benzene rings is 1. The van der Waals surface area contributed by atoms with Crippen LogP contribution in [0.4, 0.5) is 11.6 Å². The zero-order valence-electron chi connectivity index (χ0n) is 12.0. The Bertz CT molecular complexity index is 612. The molecule has 1 saturated carbocycles. The number of aromatic nitrogens is 2. The molecule has 2 aromatic rings. The van der Waals surface area contributed by atoms with Gasteiger partial charge in [-0.05, 0) is 60.3 Å². The Balaban J connectivity index is 1.90. The van der Waals surface area contributed by atoms with Gasteiger partial charge in [0.2, 0.25) is 5.95 Å². The lowest BCUT2D eigenvalue weighted by Gasteiger charge is -2.16. The van der Waals surface area contributed by atoms with Gasteiger partial charge in [-0.25, -0.2) is 4.98 Å². The van der Waals surface area contributed by atoms with Crippen LogP contribution in [-0.2, 0) is 0 Å². The average Bonchev–Trinajstić information content (AvgIpc) is 3.02. The van der Waals surface area contributed by atoms with Crippen molar-refractivity contribution in [2.45, 2.75) is 45.6 Å². The number of imidazole rings is 1. The lowest BCUT2D eigenvalue weighted by Crippen LogP contribution is -2.08. The van der Waals surface area contributed by atoms with E-state index in [-0.39, 0.29) is 0 Å². The Morgan fingerprint density at radius 3 is 2.70 bits per heavy atom. The van der Waals surface area contributed by atoms with Crippen molar-refractivity contribution in [3.05, 3.63) is 40.1 Å². The summed E-state index contributed by atoms with van der Waals surface area (Å²) in [4.78, 5) is 4.65. The molecule has 1 N–H and O–H groups in total. The van der Waals surface area contributed by atoms with Crippen LogP contribution in [0.2, 0.25) is 0 Å². The minimum Gasteiger partial charge on any atom is -0.325 e. The lowest BCUT2D eigenvalue weighted by atomic mass is 10.2. The van der Waals surface area contributed by atoms with Gasteiger partial charge in [0, 0.05) is 16.7 Å². The smallest absolute Gasteiger partial charge is 0.207 e. The van der Waals surface area contributed by atoms with E-state index in [1.165, 1.54) is 31.2 Å². The van der Waals surface area contributed by atoms with Crippen molar-refractivity contribution in [2.24, 2.45) is 0 Å². The fraction of sp³-hybridized carbons (Fsp3) is 0.438. The quantitative estimate of drug-likeness (QED) is 0.844. The van der Waals surface area contributed by atoms with E-state index in [2.05, 4.69) is 69.0 Å².